The number of aliphatic hydroxyl groups excluding tert-OH is 1. The van der Waals surface area contributed by atoms with Crippen molar-refractivity contribution in [3.63, 3.8) is 0 Å². The van der Waals surface area contributed by atoms with Crippen molar-refractivity contribution in [1.29, 1.82) is 0 Å². The van der Waals surface area contributed by atoms with E-state index in [2.05, 4.69) is 39.1 Å². The maximum absolute atomic E-state index is 12.4. The average Bonchev–Trinajstić information content (AvgIpc) is 2.90. The predicted molar refractivity (Wildman–Crippen MR) is 81.2 cm³/mol. The van der Waals surface area contributed by atoms with Gasteiger partial charge in [-0.25, -0.2) is 0 Å². The van der Waals surface area contributed by atoms with Gasteiger partial charge in [-0.05, 0) is 42.9 Å². The van der Waals surface area contributed by atoms with Crippen molar-refractivity contribution in [3.8, 4) is 0 Å². The van der Waals surface area contributed by atoms with Crippen LogP contribution in [0.5, 0.6) is 0 Å². The zero-order chi connectivity index (χ0) is 14.9. The number of benzene rings is 1. The largest absolute Gasteiger partial charge is 0.392 e. The van der Waals surface area contributed by atoms with Gasteiger partial charge in [0.15, 0.2) is 0 Å². The SMILES string of the molecule is CC(C)=CC1C(C(=O)Nc2cccc(CO)c2)C1(C)C. The summed E-state index contributed by atoms with van der Waals surface area (Å²) in [5, 5.41) is 12.1. The molecular formula is C17H23NO2. The molecule has 1 fully saturated rings. The highest BCUT2D eigenvalue weighted by Gasteiger charge is 2.60. The normalized spacial score (nSPS) is 23.1. The van der Waals surface area contributed by atoms with Crippen molar-refractivity contribution >= 4 is 11.6 Å². The number of carbonyl (C=O) groups is 1. The molecular weight excluding hydrogens is 250 g/mol. The molecule has 2 unspecified atom stereocenters. The smallest absolute Gasteiger partial charge is 0.228 e. The number of aliphatic hydroxyl groups is 1. The Morgan fingerprint density at radius 3 is 2.70 bits per heavy atom. The molecule has 0 spiro atoms. The number of allylic oxidation sites excluding steroid dienone is 2. The average molecular weight is 273 g/mol. The Hall–Kier alpha value is -1.61. The Labute approximate surface area is 120 Å². The molecule has 1 aliphatic rings. The molecule has 0 heterocycles. The monoisotopic (exact) mass is 273 g/mol. The fourth-order valence-corrected chi connectivity index (χ4v) is 2.82. The van der Waals surface area contributed by atoms with Crippen LogP contribution in [-0.2, 0) is 11.4 Å². The molecule has 0 bridgehead atoms. The van der Waals surface area contributed by atoms with Crippen LogP contribution in [0.2, 0.25) is 0 Å². The van der Waals surface area contributed by atoms with E-state index in [1.54, 1.807) is 0 Å². The summed E-state index contributed by atoms with van der Waals surface area (Å²) in [6.45, 7) is 8.37. The van der Waals surface area contributed by atoms with Crippen molar-refractivity contribution in [2.24, 2.45) is 17.3 Å². The van der Waals surface area contributed by atoms with E-state index in [1.165, 1.54) is 5.57 Å². The van der Waals surface area contributed by atoms with E-state index in [1.807, 2.05) is 24.3 Å². The van der Waals surface area contributed by atoms with Crippen LogP contribution in [0.15, 0.2) is 35.9 Å². The third kappa shape index (κ3) is 2.93. The third-order valence-electron chi connectivity index (χ3n) is 4.08. The van der Waals surface area contributed by atoms with Crippen LogP contribution < -0.4 is 5.32 Å². The highest BCUT2D eigenvalue weighted by molar-refractivity contribution is 5.95. The van der Waals surface area contributed by atoms with Gasteiger partial charge in [0, 0.05) is 5.69 Å². The van der Waals surface area contributed by atoms with Gasteiger partial charge >= 0.3 is 0 Å². The molecule has 3 nitrogen and oxygen atoms in total. The number of hydrogen-bond donors (Lipinski definition) is 2. The van der Waals surface area contributed by atoms with Crippen molar-refractivity contribution in [2.75, 3.05) is 5.32 Å². The van der Waals surface area contributed by atoms with Crippen molar-refractivity contribution < 1.29 is 9.90 Å². The number of anilines is 1. The van der Waals surface area contributed by atoms with Crippen molar-refractivity contribution in [1.82, 2.24) is 0 Å². The van der Waals surface area contributed by atoms with Gasteiger partial charge in [0.25, 0.3) is 0 Å². The van der Waals surface area contributed by atoms with Gasteiger partial charge in [0.2, 0.25) is 5.91 Å². The van der Waals surface area contributed by atoms with Gasteiger partial charge in [0.05, 0.1) is 12.5 Å². The van der Waals surface area contributed by atoms with Gasteiger partial charge in [-0.2, -0.15) is 0 Å². The highest BCUT2D eigenvalue weighted by Crippen LogP contribution is 2.59. The van der Waals surface area contributed by atoms with E-state index < -0.39 is 0 Å². The topological polar surface area (TPSA) is 49.3 Å². The maximum Gasteiger partial charge on any atom is 0.228 e. The summed E-state index contributed by atoms with van der Waals surface area (Å²) in [5.74, 6) is 0.399. The zero-order valence-corrected chi connectivity index (χ0v) is 12.6. The van der Waals surface area contributed by atoms with Gasteiger partial charge in [-0.3, -0.25) is 4.79 Å². The van der Waals surface area contributed by atoms with Crippen molar-refractivity contribution in [3.05, 3.63) is 41.5 Å². The summed E-state index contributed by atoms with van der Waals surface area (Å²) in [6, 6.07) is 7.33. The molecule has 108 valence electrons. The molecule has 20 heavy (non-hydrogen) atoms. The molecule has 1 aliphatic carbocycles. The van der Waals surface area contributed by atoms with Crippen LogP contribution in [0.4, 0.5) is 5.69 Å². The number of nitrogens with one attached hydrogen (secondary N) is 1. The van der Waals surface area contributed by atoms with E-state index in [9.17, 15) is 4.79 Å². The molecule has 2 atom stereocenters. The number of amides is 1. The fraction of sp³-hybridized carbons (Fsp3) is 0.471. The van der Waals surface area contributed by atoms with Crippen LogP contribution in [-0.4, -0.2) is 11.0 Å². The summed E-state index contributed by atoms with van der Waals surface area (Å²) in [5.41, 5.74) is 2.83. The lowest BCUT2D eigenvalue weighted by Gasteiger charge is -2.07. The standard InChI is InChI=1S/C17H23NO2/c1-11(2)8-14-15(17(14,3)4)16(20)18-13-7-5-6-12(9-13)10-19/h5-9,14-15,19H,10H2,1-4H3,(H,18,20). The van der Waals surface area contributed by atoms with Gasteiger partial charge in [0.1, 0.15) is 0 Å². The van der Waals surface area contributed by atoms with Crippen LogP contribution in [0.3, 0.4) is 0 Å². The summed E-state index contributed by atoms with van der Waals surface area (Å²) in [4.78, 5) is 12.4. The molecule has 2 rings (SSSR count). The van der Waals surface area contributed by atoms with Crippen molar-refractivity contribution in [2.45, 2.75) is 34.3 Å². The molecule has 3 heteroatoms. The maximum atomic E-state index is 12.4. The molecule has 1 saturated carbocycles. The Balaban J connectivity index is 2.08. The predicted octanol–water partition coefficient (Wildman–Crippen LogP) is 3.36. The van der Waals surface area contributed by atoms with Crippen LogP contribution in [0, 0.1) is 17.3 Å². The van der Waals surface area contributed by atoms with Gasteiger partial charge in [-0.15, -0.1) is 0 Å². The quantitative estimate of drug-likeness (QED) is 0.826. The highest BCUT2D eigenvalue weighted by atomic mass is 16.3. The van der Waals surface area contributed by atoms with E-state index in [4.69, 9.17) is 5.11 Å². The first-order valence-electron chi connectivity index (χ1n) is 7.02. The molecule has 0 aromatic heterocycles. The summed E-state index contributed by atoms with van der Waals surface area (Å²) < 4.78 is 0. The Kier molecular flexibility index (Phi) is 4.00. The van der Waals surface area contributed by atoms with Crippen LogP contribution in [0.1, 0.15) is 33.3 Å². The molecule has 1 aromatic carbocycles. The lowest BCUT2D eigenvalue weighted by Crippen LogP contribution is -2.16. The van der Waals surface area contributed by atoms with Gasteiger partial charge in [-0.1, -0.05) is 37.6 Å². The second-order valence-corrected chi connectivity index (χ2v) is 6.42. The minimum Gasteiger partial charge on any atom is -0.392 e. The van der Waals surface area contributed by atoms with Gasteiger partial charge < -0.3 is 10.4 Å². The molecule has 0 saturated heterocycles. The first-order valence-corrected chi connectivity index (χ1v) is 7.02. The first kappa shape index (κ1) is 14.8. The Morgan fingerprint density at radius 2 is 2.10 bits per heavy atom. The van der Waals surface area contributed by atoms with E-state index >= 15 is 0 Å². The van der Waals surface area contributed by atoms with Crippen LogP contribution in [0.25, 0.3) is 0 Å². The number of carbonyl (C=O) groups excluding carboxylic acids is 1. The summed E-state index contributed by atoms with van der Waals surface area (Å²) in [7, 11) is 0. The molecule has 1 amide bonds. The van der Waals surface area contributed by atoms with E-state index in [0.717, 1.165) is 11.3 Å². The zero-order valence-electron chi connectivity index (χ0n) is 12.6. The van der Waals surface area contributed by atoms with Crippen LogP contribution >= 0.6 is 0 Å². The molecule has 0 radical (unpaired) electrons. The summed E-state index contributed by atoms with van der Waals surface area (Å²) >= 11 is 0. The lowest BCUT2D eigenvalue weighted by atomic mass is 10.1. The third-order valence-corrected chi connectivity index (χ3v) is 4.08. The minimum atomic E-state index is -0.0149. The number of rotatable bonds is 4. The summed E-state index contributed by atoms with van der Waals surface area (Å²) in [6.07, 6.45) is 2.19. The minimum absolute atomic E-state index is 0.0149. The Bertz CT molecular complexity index is 542. The number of hydrogen-bond acceptors (Lipinski definition) is 2. The molecule has 2 N–H and O–H groups in total. The first-order chi connectivity index (χ1) is 9.36. The molecule has 0 aliphatic heterocycles. The Morgan fingerprint density at radius 1 is 1.40 bits per heavy atom. The fourth-order valence-electron chi connectivity index (χ4n) is 2.82. The van der Waals surface area contributed by atoms with E-state index in [0.29, 0.717) is 5.92 Å². The second kappa shape index (κ2) is 5.41. The second-order valence-electron chi connectivity index (χ2n) is 6.42. The molecule has 1 aromatic rings. The lowest BCUT2D eigenvalue weighted by molar-refractivity contribution is -0.118. The van der Waals surface area contributed by atoms with E-state index in [-0.39, 0.29) is 23.8 Å².